The number of allylic oxidation sites excluding steroid dienone is 3. The molecule has 1 nitrogen and oxygen atoms in total. The Morgan fingerprint density at radius 2 is 1.53 bits per heavy atom. The van der Waals surface area contributed by atoms with E-state index in [-0.39, 0.29) is 5.78 Å². The molecule has 0 amide bonds. The van der Waals surface area contributed by atoms with Crippen molar-refractivity contribution in [1.82, 2.24) is 0 Å². The largest absolute Gasteiger partial charge is 0.295 e. The molecule has 0 saturated carbocycles. The summed E-state index contributed by atoms with van der Waals surface area (Å²) < 4.78 is 0. The maximum Gasteiger partial charge on any atom is 0.156 e. The maximum atomic E-state index is 11.3. The summed E-state index contributed by atoms with van der Waals surface area (Å²) in [5.41, 5.74) is 3.15. The molecule has 0 rings (SSSR count). The summed E-state index contributed by atoms with van der Waals surface area (Å²) in [6, 6.07) is 0. The number of hydrogen-bond donors (Lipinski definition) is 0. The van der Waals surface area contributed by atoms with Crippen molar-refractivity contribution in [2.75, 3.05) is 0 Å². The van der Waals surface area contributed by atoms with Gasteiger partial charge in [-0.15, -0.1) is 0 Å². The Kier molecular flexibility index (Phi) is 10.7. The van der Waals surface area contributed by atoms with Gasteiger partial charge < -0.3 is 0 Å². The summed E-state index contributed by atoms with van der Waals surface area (Å²) in [6.07, 6.45) is 2.86. The third kappa shape index (κ3) is 6.27. The van der Waals surface area contributed by atoms with Crippen molar-refractivity contribution in [3.8, 4) is 0 Å². The minimum Gasteiger partial charge on any atom is -0.295 e. The van der Waals surface area contributed by atoms with Crippen molar-refractivity contribution < 1.29 is 4.79 Å². The van der Waals surface area contributed by atoms with Crippen LogP contribution in [0.1, 0.15) is 60.8 Å². The quantitative estimate of drug-likeness (QED) is 0.475. The van der Waals surface area contributed by atoms with Gasteiger partial charge in [0.15, 0.2) is 5.78 Å². The zero-order chi connectivity index (χ0) is 12.4. The number of ketones is 1. The molecule has 0 fully saturated rings. The van der Waals surface area contributed by atoms with Gasteiger partial charge in [-0.1, -0.05) is 46.3 Å². The van der Waals surface area contributed by atoms with E-state index in [0.29, 0.717) is 0 Å². The zero-order valence-corrected chi connectivity index (χ0v) is 11.2. The van der Waals surface area contributed by atoms with Crippen LogP contribution < -0.4 is 0 Å². The second-order valence-corrected chi connectivity index (χ2v) is 3.40. The highest BCUT2D eigenvalue weighted by molar-refractivity contribution is 5.94. The van der Waals surface area contributed by atoms with Crippen LogP contribution in [0.2, 0.25) is 0 Å². The average molecular weight is 210 g/mol. The fraction of sp³-hybridized carbons (Fsp3) is 0.643. The van der Waals surface area contributed by atoms with Crippen molar-refractivity contribution in [3.63, 3.8) is 0 Å². The van der Waals surface area contributed by atoms with Gasteiger partial charge in [0, 0.05) is 0 Å². The standard InChI is InChI=1S/C12H20O.C2H6/c1-6-8-12(9(3)4)11(7-2)10(5)13;1-2/h3,6-8H2,1-2,4-5H3;1-2H3/b12-11-;. The Hall–Kier alpha value is -0.850. The summed E-state index contributed by atoms with van der Waals surface area (Å²) in [5.74, 6) is 0.189. The third-order valence-corrected chi connectivity index (χ3v) is 2.16. The molecule has 0 bridgehead atoms. The number of Topliss-reactive ketones (excluding diaryl/α,β-unsaturated/α-hetero) is 1. The van der Waals surface area contributed by atoms with E-state index in [1.807, 2.05) is 27.7 Å². The average Bonchev–Trinajstić information content (AvgIpc) is 2.20. The van der Waals surface area contributed by atoms with Crippen LogP contribution in [0.4, 0.5) is 0 Å². The minimum atomic E-state index is 0.189. The first kappa shape index (κ1) is 16.6. The Morgan fingerprint density at radius 3 is 1.73 bits per heavy atom. The van der Waals surface area contributed by atoms with Gasteiger partial charge in [0.25, 0.3) is 0 Å². The van der Waals surface area contributed by atoms with E-state index in [4.69, 9.17) is 0 Å². The van der Waals surface area contributed by atoms with E-state index in [1.54, 1.807) is 6.92 Å². The molecular formula is C14H26O. The Labute approximate surface area is 95.3 Å². The summed E-state index contributed by atoms with van der Waals surface area (Å²) in [5, 5.41) is 0. The topological polar surface area (TPSA) is 17.1 Å². The van der Waals surface area contributed by atoms with Crippen LogP contribution in [-0.4, -0.2) is 5.78 Å². The van der Waals surface area contributed by atoms with Crippen molar-refractivity contribution in [3.05, 3.63) is 23.3 Å². The fourth-order valence-corrected chi connectivity index (χ4v) is 1.55. The van der Waals surface area contributed by atoms with Gasteiger partial charge in [-0.25, -0.2) is 0 Å². The molecule has 0 radical (unpaired) electrons. The van der Waals surface area contributed by atoms with Crippen LogP contribution in [0.5, 0.6) is 0 Å². The minimum absolute atomic E-state index is 0.189. The normalized spacial score (nSPS) is 11.1. The summed E-state index contributed by atoms with van der Waals surface area (Å²) in [6.45, 7) is 15.7. The predicted octanol–water partition coefficient (Wildman–Crippen LogP) is 4.68. The van der Waals surface area contributed by atoms with Gasteiger partial charge in [0.2, 0.25) is 0 Å². The van der Waals surface area contributed by atoms with Crippen LogP contribution >= 0.6 is 0 Å². The highest BCUT2D eigenvalue weighted by Crippen LogP contribution is 2.21. The van der Waals surface area contributed by atoms with E-state index in [0.717, 1.165) is 36.0 Å². The van der Waals surface area contributed by atoms with Crippen LogP contribution in [0, 0.1) is 0 Å². The number of rotatable bonds is 5. The molecule has 0 N–H and O–H groups in total. The first-order valence-corrected chi connectivity index (χ1v) is 5.93. The van der Waals surface area contributed by atoms with E-state index in [1.165, 1.54) is 0 Å². The molecule has 0 spiro atoms. The molecule has 0 aliphatic carbocycles. The maximum absolute atomic E-state index is 11.3. The van der Waals surface area contributed by atoms with Crippen LogP contribution in [0.3, 0.4) is 0 Å². The Balaban J connectivity index is 0. The summed E-state index contributed by atoms with van der Waals surface area (Å²) >= 11 is 0. The molecule has 1 heteroatoms. The van der Waals surface area contributed by atoms with Crippen LogP contribution in [-0.2, 0) is 4.79 Å². The molecule has 0 aromatic rings. The molecule has 0 heterocycles. The highest BCUT2D eigenvalue weighted by Gasteiger charge is 2.09. The lowest BCUT2D eigenvalue weighted by Gasteiger charge is -2.11. The Bertz CT molecular complexity index is 234. The van der Waals surface area contributed by atoms with Gasteiger partial charge in [0.05, 0.1) is 0 Å². The lowest BCUT2D eigenvalue weighted by atomic mass is 9.94. The molecular weight excluding hydrogens is 184 g/mol. The molecule has 0 unspecified atom stereocenters. The zero-order valence-electron chi connectivity index (χ0n) is 11.2. The van der Waals surface area contributed by atoms with Crippen molar-refractivity contribution in [1.29, 1.82) is 0 Å². The molecule has 0 aromatic carbocycles. The molecule has 0 atom stereocenters. The van der Waals surface area contributed by atoms with Crippen molar-refractivity contribution >= 4 is 5.78 Å². The van der Waals surface area contributed by atoms with E-state index >= 15 is 0 Å². The summed E-state index contributed by atoms with van der Waals surface area (Å²) in [7, 11) is 0. The molecule has 88 valence electrons. The SMILES string of the molecule is C=C(C)/C(CCC)=C(/CC)C(C)=O.CC. The lowest BCUT2D eigenvalue weighted by Crippen LogP contribution is -2.01. The van der Waals surface area contributed by atoms with E-state index < -0.39 is 0 Å². The predicted molar refractivity (Wildman–Crippen MR) is 69.1 cm³/mol. The third-order valence-electron chi connectivity index (χ3n) is 2.16. The molecule has 0 saturated heterocycles. The van der Waals surface area contributed by atoms with E-state index in [9.17, 15) is 4.79 Å². The van der Waals surface area contributed by atoms with Gasteiger partial charge in [-0.05, 0) is 37.8 Å². The van der Waals surface area contributed by atoms with Gasteiger partial charge in [0.1, 0.15) is 0 Å². The second-order valence-electron chi connectivity index (χ2n) is 3.40. The second kappa shape index (κ2) is 9.70. The van der Waals surface area contributed by atoms with Gasteiger partial charge >= 0.3 is 0 Å². The molecule has 0 aliphatic rings. The Morgan fingerprint density at radius 1 is 1.07 bits per heavy atom. The molecule has 0 aliphatic heterocycles. The number of carbonyl (C=O) groups is 1. The fourth-order valence-electron chi connectivity index (χ4n) is 1.55. The van der Waals surface area contributed by atoms with E-state index in [2.05, 4.69) is 13.5 Å². The highest BCUT2D eigenvalue weighted by atomic mass is 16.1. The summed E-state index contributed by atoms with van der Waals surface area (Å²) in [4.78, 5) is 11.3. The van der Waals surface area contributed by atoms with Crippen LogP contribution in [0.25, 0.3) is 0 Å². The van der Waals surface area contributed by atoms with Crippen molar-refractivity contribution in [2.24, 2.45) is 0 Å². The first-order valence-electron chi connectivity index (χ1n) is 5.93. The van der Waals surface area contributed by atoms with Gasteiger partial charge in [-0.3, -0.25) is 4.79 Å². The molecule has 15 heavy (non-hydrogen) atoms. The monoisotopic (exact) mass is 210 g/mol. The molecule has 0 aromatic heterocycles. The van der Waals surface area contributed by atoms with Gasteiger partial charge in [-0.2, -0.15) is 0 Å². The lowest BCUT2D eigenvalue weighted by molar-refractivity contribution is -0.113. The van der Waals surface area contributed by atoms with Crippen LogP contribution in [0.15, 0.2) is 23.3 Å². The number of hydrogen-bond acceptors (Lipinski definition) is 1. The smallest absolute Gasteiger partial charge is 0.156 e. The first-order chi connectivity index (χ1) is 7.04. The number of carbonyl (C=O) groups excluding carboxylic acids is 1. The van der Waals surface area contributed by atoms with Crippen molar-refractivity contribution in [2.45, 2.75) is 60.8 Å².